The first kappa shape index (κ1) is 16.7. The molecule has 0 unspecified atom stereocenters. The number of phenolic OH excluding ortho intramolecular Hbond substituents is 1. The van der Waals surface area contributed by atoms with Crippen molar-refractivity contribution in [3.8, 4) is 5.75 Å². The third-order valence-corrected chi connectivity index (χ3v) is 2.41. The molecule has 112 valence electrons. The van der Waals surface area contributed by atoms with Gasteiger partial charge in [-0.05, 0) is 12.1 Å². The fourth-order valence-electron chi connectivity index (χ4n) is 1.16. The number of nitro groups is 1. The molecule has 0 bridgehead atoms. The van der Waals surface area contributed by atoms with Crippen LogP contribution in [0.5, 0.6) is 5.75 Å². The van der Waals surface area contributed by atoms with Gasteiger partial charge in [-0.3, -0.25) is 10.1 Å². The molecule has 0 fully saturated rings. The van der Waals surface area contributed by atoms with Crippen molar-refractivity contribution in [3.63, 3.8) is 0 Å². The number of benzene rings is 1. The SMILES string of the molecule is O=C(O)C(=NOC(=O)C(Cl)Cl)c1ccc(O)c([N+](=O)[O-])c1. The van der Waals surface area contributed by atoms with Crippen LogP contribution < -0.4 is 0 Å². The summed E-state index contributed by atoms with van der Waals surface area (Å²) in [6, 6.07) is 2.71. The van der Waals surface area contributed by atoms with Crippen LogP contribution in [0.1, 0.15) is 5.56 Å². The number of alkyl halides is 2. The smallest absolute Gasteiger partial charge is 0.367 e. The Hall–Kier alpha value is -2.39. The highest BCUT2D eigenvalue weighted by Gasteiger charge is 2.22. The van der Waals surface area contributed by atoms with E-state index < -0.39 is 38.8 Å². The second-order valence-corrected chi connectivity index (χ2v) is 4.51. The fraction of sp³-hybridized carbons (Fsp3) is 0.100. The molecule has 21 heavy (non-hydrogen) atoms. The van der Waals surface area contributed by atoms with E-state index in [1.54, 1.807) is 0 Å². The monoisotopic (exact) mass is 336 g/mol. The van der Waals surface area contributed by atoms with Gasteiger partial charge in [-0.1, -0.05) is 28.4 Å². The van der Waals surface area contributed by atoms with E-state index in [4.69, 9.17) is 28.3 Å². The number of carboxylic acid groups (broad SMARTS) is 1. The molecule has 0 amide bonds. The predicted octanol–water partition coefficient (Wildman–Crippen LogP) is 1.44. The third-order valence-electron chi connectivity index (χ3n) is 2.05. The predicted molar refractivity (Wildman–Crippen MR) is 70.5 cm³/mol. The normalized spacial score (nSPS) is 11.3. The van der Waals surface area contributed by atoms with Crippen LogP contribution in [0.2, 0.25) is 0 Å². The topological polar surface area (TPSA) is 139 Å². The number of halogens is 2. The molecule has 0 aliphatic heterocycles. The summed E-state index contributed by atoms with van der Waals surface area (Å²) in [5.74, 6) is -3.50. The van der Waals surface area contributed by atoms with Gasteiger partial charge in [-0.25, -0.2) is 9.59 Å². The number of phenols is 1. The van der Waals surface area contributed by atoms with Crippen molar-refractivity contribution in [1.29, 1.82) is 0 Å². The highest BCUT2D eigenvalue weighted by atomic mass is 35.5. The molecule has 0 atom stereocenters. The van der Waals surface area contributed by atoms with Gasteiger partial charge in [0.15, 0.2) is 11.5 Å². The maximum atomic E-state index is 11.0. The van der Waals surface area contributed by atoms with Crippen molar-refractivity contribution < 1.29 is 29.6 Å². The van der Waals surface area contributed by atoms with Gasteiger partial charge in [-0.2, -0.15) is 0 Å². The number of carboxylic acids is 1. The first-order valence-corrected chi connectivity index (χ1v) is 5.89. The summed E-state index contributed by atoms with van der Waals surface area (Å²) in [6.45, 7) is 0. The van der Waals surface area contributed by atoms with Crippen molar-refractivity contribution >= 4 is 46.5 Å². The second-order valence-electron chi connectivity index (χ2n) is 3.42. The number of nitrogens with zero attached hydrogens (tertiary/aromatic N) is 2. The van der Waals surface area contributed by atoms with Gasteiger partial charge in [0.1, 0.15) is 0 Å². The molecule has 1 aromatic rings. The first-order chi connectivity index (χ1) is 9.73. The van der Waals surface area contributed by atoms with E-state index in [1.807, 2.05) is 0 Å². The molecule has 1 rings (SSSR count). The van der Waals surface area contributed by atoms with Crippen molar-refractivity contribution in [1.82, 2.24) is 0 Å². The van der Waals surface area contributed by atoms with Crippen LogP contribution in [-0.2, 0) is 14.4 Å². The maximum absolute atomic E-state index is 11.0. The Morgan fingerprint density at radius 2 is 2.00 bits per heavy atom. The third kappa shape index (κ3) is 4.29. The fourth-order valence-corrected chi connectivity index (χ4v) is 1.24. The number of aromatic hydroxyl groups is 1. The lowest BCUT2D eigenvalue weighted by Gasteiger charge is -2.03. The van der Waals surface area contributed by atoms with Gasteiger partial charge >= 0.3 is 17.6 Å². The average molecular weight is 337 g/mol. The highest BCUT2D eigenvalue weighted by molar-refractivity contribution is 6.53. The van der Waals surface area contributed by atoms with Crippen LogP contribution in [0.3, 0.4) is 0 Å². The number of carbonyl (C=O) groups is 2. The van der Waals surface area contributed by atoms with Gasteiger partial charge in [0, 0.05) is 11.6 Å². The number of carbonyl (C=O) groups excluding carboxylic acids is 1. The lowest BCUT2D eigenvalue weighted by molar-refractivity contribution is -0.385. The minimum Gasteiger partial charge on any atom is -0.502 e. The highest BCUT2D eigenvalue weighted by Crippen LogP contribution is 2.26. The standard InChI is InChI=1S/C10H6Cl2N2O7/c11-8(12)10(18)21-13-7(9(16)17)4-1-2-6(15)5(3-4)14(19)20/h1-3,8,15H,(H,16,17). The summed E-state index contributed by atoms with van der Waals surface area (Å²) >= 11 is 10.4. The van der Waals surface area contributed by atoms with E-state index in [9.17, 15) is 24.8 Å². The van der Waals surface area contributed by atoms with Crippen LogP contribution in [0.25, 0.3) is 0 Å². The molecule has 0 radical (unpaired) electrons. The Balaban J connectivity index is 3.21. The van der Waals surface area contributed by atoms with E-state index in [0.717, 1.165) is 18.2 Å². The Morgan fingerprint density at radius 1 is 1.38 bits per heavy atom. The van der Waals surface area contributed by atoms with Crippen molar-refractivity contribution in [2.24, 2.45) is 5.16 Å². The quantitative estimate of drug-likeness (QED) is 0.272. The van der Waals surface area contributed by atoms with E-state index in [-0.39, 0.29) is 5.56 Å². The summed E-state index contributed by atoms with van der Waals surface area (Å²) in [7, 11) is 0. The Morgan fingerprint density at radius 3 is 2.48 bits per heavy atom. The van der Waals surface area contributed by atoms with Gasteiger partial charge in [0.2, 0.25) is 4.84 Å². The molecule has 1 aromatic carbocycles. The summed E-state index contributed by atoms with van der Waals surface area (Å²) in [5, 5.41) is 31.9. The first-order valence-electron chi connectivity index (χ1n) is 5.02. The van der Waals surface area contributed by atoms with Crippen LogP contribution in [0.15, 0.2) is 23.4 Å². The lowest BCUT2D eigenvalue weighted by Crippen LogP contribution is -2.18. The van der Waals surface area contributed by atoms with E-state index >= 15 is 0 Å². The Kier molecular flexibility index (Phi) is 5.44. The van der Waals surface area contributed by atoms with E-state index in [2.05, 4.69) is 9.99 Å². The van der Waals surface area contributed by atoms with Crippen molar-refractivity contribution in [2.75, 3.05) is 0 Å². The van der Waals surface area contributed by atoms with Crippen LogP contribution in [-0.4, -0.2) is 37.6 Å². The number of hydrogen-bond donors (Lipinski definition) is 2. The van der Waals surface area contributed by atoms with Gasteiger partial charge < -0.3 is 15.1 Å². The molecule has 0 aliphatic carbocycles. The van der Waals surface area contributed by atoms with Gasteiger partial charge in [0.05, 0.1) is 4.92 Å². The molecular formula is C10H6Cl2N2O7. The zero-order valence-corrected chi connectivity index (χ0v) is 11.4. The van der Waals surface area contributed by atoms with E-state index in [1.165, 1.54) is 0 Å². The Bertz CT molecular complexity index is 630. The van der Waals surface area contributed by atoms with Gasteiger partial charge in [0.25, 0.3) is 0 Å². The molecule has 9 nitrogen and oxygen atoms in total. The summed E-state index contributed by atoms with van der Waals surface area (Å²) in [6.07, 6.45) is 0. The molecular weight excluding hydrogens is 331 g/mol. The van der Waals surface area contributed by atoms with Crippen LogP contribution >= 0.6 is 23.2 Å². The zero-order chi connectivity index (χ0) is 16.2. The number of hydrogen-bond acceptors (Lipinski definition) is 7. The Labute approximate surface area is 126 Å². The van der Waals surface area contributed by atoms with Crippen LogP contribution in [0, 0.1) is 10.1 Å². The summed E-state index contributed by atoms with van der Waals surface area (Å²) in [5.41, 5.74) is -1.80. The molecule has 0 spiro atoms. The maximum Gasteiger partial charge on any atom is 0.367 e. The molecule has 0 saturated carbocycles. The number of rotatable bonds is 5. The zero-order valence-electron chi connectivity index (χ0n) is 9.90. The summed E-state index contributed by atoms with van der Waals surface area (Å²) in [4.78, 5) is 34.4. The van der Waals surface area contributed by atoms with Crippen molar-refractivity contribution in [2.45, 2.75) is 4.84 Å². The second kappa shape index (κ2) is 6.86. The number of nitro benzene ring substituents is 1. The minimum atomic E-state index is -1.62. The molecule has 2 N–H and O–H groups in total. The number of oxime groups is 1. The summed E-state index contributed by atoms with van der Waals surface area (Å²) < 4.78 is 0. The van der Waals surface area contributed by atoms with Crippen molar-refractivity contribution in [3.05, 3.63) is 33.9 Å². The molecule has 0 aromatic heterocycles. The number of aliphatic carboxylic acids is 1. The molecule has 0 heterocycles. The molecule has 0 saturated heterocycles. The minimum absolute atomic E-state index is 0.263. The van der Waals surface area contributed by atoms with Gasteiger partial charge in [-0.15, -0.1) is 0 Å². The van der Waals surface area contributed by atoms with Crippen LogP contribution in [0.4, 0.5) is 5.69 Å². The molecule has 11 heteroatoms. The largest absolute Gasteiger partial charge is 0.502 e. The average Bonchev–Trinajstić information content (AvgIpc) is 2.39. The van der Waals surface area contributed by atoms with E-state index in [0.29, 0.717) is 0 Å². The lowest BCUT2D eigenvalue weighted by atomic mass is 10.1. The molecule has 0 aliphatic rings.